The minimum atomic E-state index is -3.74. The van der Waals surface area contributed by atoms with Gasteiger partial charge in [0.25, 0.3) is 15.9 Å². The van der Waals surface area contributed by atoms with Gasteiger partial charge in [-0.05, 0) is 61.5 Å². The molecule has 10 heteroatoms. The smallest absolute Gasteiger partial charge is 0.264 e. The van der Waals surface area contributed by atoms with E-state index in [4.69, 9.17) is 14.2 Å². The molecule has 9 nitrogen and oxygen atoms in total. The van der Waals surface area contributed by atoms with Gasteiger partial charge >= 0.3 is 0 Å². The minimum absolute atomic E-state index is 0.151. The van der Waals surface area contributed by atoms with E-state index >= 15 is 0 Å². The van der Waals surface area contributed by atoms with Crippen molar-refractivity contribution in [1.29, 1.82) is 0 Å². The summed E-state index contributed by atoms with van der Waals surface area (Å²) in [5, 5.41) is 2.66. The third kappa shape index (κ3) is 6.13. The Bertz CT molecular complexity index is 1160. The molecule has 174 valence electrons. The average Bonchev–Trinajstić information content (AvgIpc) is 2.83. The van der Waals surface area contributed by atoms with Crippen LogP contribution in [0.1, 0.15) is 6.92 Å². The number of ether oxygens (including phenoxy) is 3. The fourth-order valence-electron chi connectivity index (χ4n) is 2.84. The molecule has 0 radical (unpaired) electrons. The van der Waals surface area contributed by atoms with E-state index in [0.29, 0.717) is 35.4 Å². The molecule has 3 rings (SSSR count). The predicted octanol–water partition coefficient (Wildman–Crippen LogP) is 3.33. The first-order chi connectivity index (χ1) is 15.8. The molecular formula is C23H25N3O6S. The molecule has 3 aromatic rings. The Morgan fingerprint density at radius 2 is 1.61 bits per heavy atom. The number of pyridine rings is 1. The standard InChI is InChI=1S/C23H25N3O6S/c1-4-31-19-10-12-21(13-11-19)33(28,29)26(2)18-6-8-20(9-7-18)32-16-22(27)25-17-5-14-23(30-3)24-15-17/h5-15H,4,16H2,1-3H3,(H,25,27). The second-order valence-electron chi connectivity index (χ2n) is 6.80. The van der Waals surface area contributed by atoms with Crippen LogP contribution in [0, 0.1) is 0 Å². The maximum Gasteiger partial charge on any atom is 0.264 e. The molecule has 1 heterocycles. The van der Waals surface area contributed by atoms with Crippen molar-refractivity contribution in [2.45, 2.75) is 11.8 Å². The maximum atomic E-state index is 12.9. The number of nitrogens with zero attached hydrogens (tertiary/aromatic N) is 2. The van der Waals surface area contributed by atoms with Crippen LogP contribution >= 0.6 is 0 Å². The average molecular weight is 472 g/mol. The van der Waals surface area contributed by atoms with Crippen LogP contribution in [-0.4, -0.2) is 46.7 Å². The highest BCUT2D eigenvalue weighted by atomic mass is 32.2. The van der Waals surface area contributed by atoms with Gasteiger partial charge in [-0.3, -0.25) is 9.10 Å². The van der Waals surface area contributed by atoms with Gasteiger partial charge in [-0.2, -0.15) is 0 Å². The molecule has 0 unspecified atom stereocenters. The highest BCUT2D eigenvalue weighted by molar-refractivity contribution is 7.92. The molecule has 0 spiro atoms. The van der Waals surface area contributed by atoms with Crippen LogP contribution in [0.3, 0.4) is 0 Å². The normalized spacial score (nSPS) is 10.9. The molecule has 0 aliphatic rings. The monoisotopic (exact) mass is 471 g/mol. The molecule has 0 aliphatic carbocycles. The lowest BCUT2D eigenvalue weighted by Crippen LogP contribution is -2.26. The van der Waals surface area contributed by atoms with Gasteiger partial charge < -0.3 is 19.5 Å². The Morgan fingerprint density at radius 1 is 0.970 bits per heavy atom. The number of sulfonamides is 1. The first-order valence-electron chi connectivity index (χ1n) is 10.1. The van der Waals surface area contributed by atoms with Crippen LogP contribution < -0.4 is 23.8 Å². The van der Waals surface area contributed by atoms with Gasteiger partial charge in [-0.25, -0.2) is 13.4 Å². The van der Waals surface area contributed by atoms with Crippen LogP contribution in [-0.2, 0) is 14.8 Å². The lowest BCUT2D eigenvalue weighted by molar-refractivity contribution is -0.118. The summed E-state index contributed by atoms with van der Waals surface area (Å²) in [6.45, 7) is 2.14. The van der Waals surface area contributed by atoms with Crippen molar-refractivity contribution >= 4 is 27.3 Å². The van der Waals surface area contributed by atoms with E-state index in [1.807, 2.05) is 6.92 Å². The number of nitrogens with one attached hydrogen (secondary N) is 1. The summed E-state index contributed by atoms with van der Waals surface area (Å²) in [6.07, 6.45) is 1.48. The number of carbonyl (C=O) groups excluding carboxylic acids is 1. The second kappa shape index (κ2) is 10.7. The predicted molar refractivity (Wildman–Crippen MR) is 125 cm³/mol. The van der Waals surface area contributed by atoms with Gasteiger partial charge in [0.1, 0.15) is 11.5 Å². The molecule has 33 heavy (non-hydrogen) atoms. The molecule has 0 saturated heterocycles. The SMILES string of the molecule is CCOc1ccc(S(=O)(=O)N(C)c2ccc(OCC(=O)Nc3ccc(OC)nc3)cc2)cc1. The third-order valence-electron chi connectivity index (χ3n) is 4.59. The molecule has 0 atom stereocenters. The van der Waals surface area contributed by atoms with Gasteiger partial charge in [0.05, 0.1) is 36.2 Å². The second-order valence-corrected chi connectivity index (χ2v) is 8.77. The fraction of sp³-hybridized carbons (Fsp3) is 0.217. The van der Waals surface area contributed by atoms with Gasteiger partial charge in [0.15, 0.2) is 6.61 Å². The van der Waals surface area contributed by atoms with E-state index in [1.165, 1.54) is 36.8 Å². The number of benzene rings is 2. The molecule has 1 aromatic heterocycles. The van der Waals surface area contributed by atoms with Crippen molar-refractivity contribution in [2.24, 2.45) is 0 Å². The molecule has 2 aromatic carbocycles. The number of amides is 1. The Kier molecular flexibility index (Phi) is 7.73. The van der Waals surface area contributed by atoms with Gasteiger partial charge in [-0.15, -0.1) is 0 Å². The van der Waals surface area contributed by atoms with Crippen molar-refractivity contribution in [3.63, 3.8) is 0 Å². The largest absolute Gasteiger partial charge is 0.494 e. The first kappa shape index (κ1) is 23.9. The molecule has 0 saturated carbocycles. The van der Waals surface area contributed by atoms with Crippen molar-refractivity contribution < 1.29 is 27.4 Å². The zero-order valence-corrected chi connectivity index (χ0v) is 19.3. The Morgan fingerprint density at radius 3 is 2.18 bits per heavy atom. The summed E-state index contributed by atoms with van der Waals surface area (Å²) in [5.74, 6) is 1.11. The summed E-state index contributed by atoms with van der Waals surface area (Å²) in [6, 6.07) is 16.0. The van der Waals surface area contributed by atoms with Crippen LogP contribution in [0.4, 0.5) is 11.4 Å². The zero-order valence-electron chi connectivity index (χ0n) is 18.5. The van der Waals surface area contributed by atoms with Crippen LogP contribution in [0.2, 0.25) is 0 Å². The lowest BCUT2D eigenvalue weighted by atomic mass is 10.3. The van der Waals surface area contributed by atoms with Gasteiger partial charge in [0, 0.05) is 13.1 Å². The number of hydrogen-bond acceptors (Lipinski definition) is 7. The van der Waals surface area contributed by atoms with Crippen LogP contribution in [0.15, 0.2) is 71.8 Å². The maximum absolute atomic E-state index is 12.9. The number of hydrogen-bond donors (Lipinski definition) is 1. The number of carbonyl (C=O) groups is 1. The van der Waals surface area contributed by atoms with E-state index < -0.39 is 10.0 Å². The first-order valence-corrected chi connectivity index (χ1v) is 11.5. The summed E-state index contributed by atoms with van der Waals surface area (Å²) in [4.78, 5) is 16.2. The minimum Gasteiger partial charge on any atom is -0.494 e. The molecule has 1 amide bonds. The van der Waals surface area contributed by atoms with Crippen molar-refractivity contribution in [2.75, 3.05) is 37.0 Å². The van der Waals surface area contributed by atoms with Gasteiger partial charge in [0.2, 0.25) is 5.88 Å². The highest BCUT2D eigenvalue weighted by Gasteiger charge is 2.21. The molecule has 1 N–H and O–H groups in total. The number of aromatic nitrogens is 1. The van der Waals surface area contributed by atoms with Crippen LogP contribution in [0.5, 0.6) is 17.4 Å². The molecule has 0 fully saturated rings. The summed E-state index contributed by atoms with van der Waals surface area (Å²) in [7, 11) is -0.767. The third-order valence-corrected chi connectivity index (χ3v) is 6.39. The summed E-state index contributed by atoms with van der Waals surface area (Å²) >= 11 is 0. The van der Waals surface area contributed by atoms with Crippen molar-refractivity contribution in [3.05, 3.63) is 66.9 Å². The van der Waals surface area contributed by atoms with E-state index in [0.717, 1.165) is 0 Å². The van der Waals surface area contributed by atoms with Crippen molar-refractivity contribution in [3.8, 4) is 17.4 Å². The van der Waals surface area contributed by atoms with Crippen LogP contribution in [0.25, 0.3) is 0 Å². The molecular weight excluding hydrogens is 446 g/mol. The lowest BCUT2D eigenvalue weighted by Gasteiger charge is -2.20. The number of anilines is 2. The molecule has 0 aliphatic heterocycles. The van der Waals surface area contributed by atoms with E-state index in [1.54, 1.807) is 48.5 Å². The summed E-state index contributed by atoms with van der Waals surface area (Å²) < 4.78 is 42.8. The Balaban J connectivity index is 1.58. The number of methoxy groups -OCH3 is 1. The van der Waals surface area contributed by atoms with E-state index in [9.17, 15) is 13.2 Å². The quantitative estimate of drug-likeness (QED) is 0.483. The Hall–Kier alpha value is -3.79. The topological polar surface area (TPSA) is 107 Å². The highest BCUT2D eigenvalue weighted by Crippen LogP contribution is 2.25. The summed E-state index contributed by atoms with van der Waals surface area (Å²) in [5.41, 5.74) is 0.964. The van der Waals surface area contributed by atoms with E-state index in [2.05, 4.69) is 10.3 Å². The fourth-order valence-corrected chi connectivity index (χ4v) is 4.04. The molecule has 0 bridgehead atoms. The zero-order chi connectivity index (χ0) is 23.8. The number of rotatable bonds is 10. The van der Waals surface area contributed by atoms with Crippen molar-refractivity contribution in [1.82, 2.24) is 4.98 Å². The van der Waals surface area contributed by atoms with E-state index in [-0.39, 0.29) is 17.4 Å². The van der Waals surface area contributed by atoms with Gasteiger partial charge in [-0.1, -0.05) is 0 Å². The Labute approximate surface area is 193 Å².